The molecule has 2 aromatic carbocycles. The summed E-state index contributed by atoms with van der Waals surface area (Å²) in [7, 11) is 0. The third-order valence-electron chi connectivity index (χ3n) is 7.22. The van der Waals surface area contributed by atoms with Gasteiger partial charge in [-0.05, 0) is 47.7 Å². The van der Waals surface area contributed by atoms with Crippen LogP contribution in [0.15, 0.2) is 42.5 Å². The van der Waals surface area contributed by atoms with Gasteiger partial charge in [0.1, 0.15) is 24.6 Å². The van der Waals surface area contributed by atoms with Gasteiger partial charge in [0, 0.05) is 45.2 Å². The standard InChI is InChI=1S/C32H37ClO11/c1-18(34)39-17-28-30(41-19(2)35)32(43-21(4)37)31(42-20(3)36)29(44-28)24-7-10-27(33)25(14-24)13-22-5-8-26(9-6-22)40-16-23-11-12-38-15-23/h5-10,14,23,28-32H,11-13,15-17H2,1-4H3/t23?,28-,29+,30-,31+,32?/m1/s1. The van der Waals surface area contributed by atoms with Crippen molar-refractivity contribution in [3.05, 3.63) is 64.2 Å². The molecule has 0 spiro atoms. The minimum absolute atomic E-state index is 0.309. The van der Waals surface area contributed by atoms with Crippen LogP contribution in [0.3, 0.4) is 0 Å². The maximum atomic E-state index is 12.2. The maximum absolute atomic E-state index is 12.2. The predicted molar refractivity (Wildman–Crippen MR) is 156 cm³/mol. The van der Waals surface area contributed by atoms with Crippen LogP contribution in [-0.4, -0.2) is 74.7 Å². The summed E-state index contributed by atoms with van der Waals surface area (Å²) in [5.74, 6) is -1.49. The van der Waals surface area contributed by atoms with Gasteiger partial charge in [-0.3, -0.25) is 19.2 Å². The topological polar surface area (TPSA) is 133 Å². The number of benzene rings is 2. The molecule has 2 saturated heterocycles. The van der Waals surface area contributed by atoms with E-state index in [1.165, 1.54) is 27.7 Å². The summed E-state index contributed by atoms with van der Waals surface area (Å²) in [5.41, 5.74) is 2.29. The second-order valence-electron chi connectivity index (χ2n) is 10.8. The van der Waals surface area contributed by atoms with E-state index in [2.05, 4.69) is 0 Å². The van der Waals surface area contributed by atoms with Crippen molar-refractivity contribution in [2.45, 2.75) is 71.1 Å². The molecule has 2 heterocycles. The number of esters is 4. The van der Waals surface area contributed by atoms with Crippen LogP contribution in [0, 0.1) is 5.92 Å². The first-order valence-corrected chi connectivity index (χ1v) is 14.8. The Hall–Kier alpha value is -3.67. The molecule has 2 aliphatic heterocycles. The fourth-order valence-electron chi connectivity index (χ4n) is 5.26. The van der Waals surface area contributed by atoms with Gasteiger partial charge in [0.2, 0.25) is 0 Å². The van der Waals surface area contributed by atoms with Crippen LogP contribution in [0.25, 0.3) is 0 Å². The van der Waals surface area contributed by atoms with E-state index in [0.29, 0.717) is 36.1 Å². The van der Waals surface area contributed by atoms with Crippen LogP contribution in [0.1, 0.15) is 56.9 Å². The lowest BCUT2D eigenvalue weighted by molar-refractivity contribution is -0.254. The smallest absolute Gasteiger partial charge is 0.303 e. The van der Waals surface area contributed by atoms with Gasteiger partial charge in [0.05, 0.1) is 13.2 Å². The summed E-state index contributed by atoms with van der Waals surface area (Å²) in [4.78, 5) is 48.0. The molecule has 238 valence electrons. The van der Waals surface area contributed by atoms with Crippen molar-refractivity contribution in [3.8, 4) is 5.75 Å². The molecule has 4 rings (SSSR count). The molecule has 44 heavy (non-hydrogen) atoms. The van der Waals surface area contributed by atoms with Crippen molar-refractivity contribution in [3.63, 3.8) is 0 Å². The summed E-state index contributed by atoms with van der Waals surface area (Å²) in [6, 6.07) is 12.9. The van der Waals surface area contributed by atoms with Gasteiger partial charge in [-0.1, -0.05) is 35.9 Å². The van der Waals surface area contributed by atoms with Gasteiger partial charge >= 0.3 is 23.9 Å². The van der Waals surface area contributed by atoms with E-state index < -0.39 is 54.4 Å². The van der Waals surface area contributed by atoms with Crippen molar-refractivity contribution in [1.29, 1.82) is 0 Å². The highest BCUT2D eigenvalue weighted by molar-refractivity contribution is 6.31. The minimum atomic E-state index is -1.26. The van der Waals surface area contributed by atoms with Crippen molar-refractivity contribution in [2.75, 3.05) is 26.4 Å². The highest BCUT2D eigenvalue weighted by atomic mass is 35.5. The van der Waals surface area contributed by atoms with E-state index in [-0.39, 0.29) is 6.61 Å². The SMILES string of the molecule is CC(=O)OC[C@H]1O[C@@H](c2ccc(Cl)c(Cc3ccc(OCC4CCOC4)cc3)c2)[C@H](OC(C)=O)C(OC(C)=O)[C@@H]1OC(C)=O. The summed E-state index contributed by atoms with van der Waals surface area (Å²) in [5, 5.41) is 0.501. The Morgan fingerprint density at radius 2 is 1.48 bits per heavy atom. The van der Waals surface area contributed by atoms with E-state index in [1.54, 1.807) is 12.1 Å². The Bertz CT molecular complexity index is 1320. The Morgan fingerprint density at radius 3 is 2.09 bits per heavy atom. The Morgan fingerprint density at radius 1 is 0.818 bits per heavy atom. The lowest BCUT2D eigenvalue weighted by Crippen LogP contribution is -2.59. The molecular weight excluding hydrogens is 596 g/mol. The van der Waals surface area contributed by atoms with Gasteiger partial charge in [0.15, 0.2) is 18.3 Å². The van der Waals surface area contributed by atoms with E-state index in [9.17, 15) is 19.2 Å². The van der Waals surface area contributed by atoms with E-state index in [4.69, 9.17) is 44.8 Å². The first kappa shape index (κ1) is 33.2. The first-order chi connectivity index (χ1) is 21.0. The van der Waals surface area contributed by atoms with Crippen LogP contribution >= 0.6 is 11.6 Å². The molecule has 0 radical (unpaired) electrons. The predicted octanol–water partition coefficient (Wildman–Crippen LogP) is 4.14. The average molecular weight is 633 g/mol. The average Bonchev–Trinajstić information content (AvgIpc) is 3.48. The number of hydrogen-bond donors (Lipinski definition) is 0. The molecule has 2 aromatic rings. The van der Waals surface area contributed by atoms with Crippen LogP contribution in [-0.2, 0) is 54.0 Å². The molecule has 0 N–H and O–H groups in total. The third kappa shape index (κ3) is 9.17. The summed E-state index contributed by atoms with van der Waals surface area (Å²) >= 11 is 6.60. The molecule has 11 nitrogen and oxygen atoms in total. The molecule has 0 saturated carbocycles. The van der Waals surface area contributed by atoms with Gasteiger partial charge in [-0.25, -0.2) is 0 Å². The fraction of sp³-hybridized carbons (Fsp3) is 0.500. The lowest BCUT2D eigenvalue weighted by atomic mass is 9.89. The van der Waals surface area contributed by atoms with Gasteiger partial charge < -0.3 is 33.2 Å². The third-order valence-corrected chi connectivity index (χ3v) is 7.59. The normalized spacial score (nSPS) is 24.7. The monoisotopic (exact) mass is 632 g/mol. The molecule has 0 aliphatic carbocycles. The zero-order chi connectivity index (χ0) is 31.8. The van der Waals surface area contributed by atoms with E-state index in [1.807, 2.05) is 30.3 Å². The zero-order valence-electron chi connectivity index (χ0n) is 25.1. The largest absolute Gasteiger partial charge is 0.493 e. The zero-order valence-corrected chi connectivity index (χ0v) is 25.9. The number of halogens is 1. The molecule has 0 aromatic heterocycles. The fourth-order valence-corrected chi connectivity index (χ4v) is 5.44. The maximum Gasteiger partial charge on any atom is 0.303 e. The second-order valence-corrected chi connectivity index (χ2v) is 11.2. The second kappa shape index (κ2) is 15.4. The van der Waals surface area contributed by atoms with Gasteiger partial charge in [-0.2, -0.15) is 0 Å². The molecule has 12 heteroatoms. The summed E-state index contributed by atoms with van der Waals surface area (Å²) in [6.45, 7) is 6.56. The Balaban J connectivity index is 1.61. The first-order valence-electron chi connectivity index (χ1n) is 14.4. The van der Waals surface area contributed by atoms with Gasteiger partial charge in [0.25, 0.3) is 0 Å². The van der Waals surface area contributed by atoms with Gasteiger partial charge in [-0.15, -0.1) is 0 Å². The number of rotatable bonds is 11. The number of ether oxygens (including phenoxy) is 7. The Kier molecular flexibility index (Phi) is 11.6. The molecule has 2 aliphatic rings. The van der Waals surface area contributed by atoms with Crippen LogP contribution in [0.5, 0.6) is 5.75 Å². The Labute approximate surface area is 261 Å². The summed E-state index contributed by atoms with van der Waals surface area (Å²) < 4.78 is 39.4. The van der Waals surface area contributed by atoms with Crippen LogP contribution in [0.4, 0.5) is 0 Å². The van der Waals surface area contributed by atoms with Crippen molar-refractivity contribution in [1.82, 2.24) is 0 Å². The molecule has 0 amide bonds. The lowest BCUT2D eigenvalue weighted by Gasteiger charge is -2.44. The molecule has 2 fully saturated rings. The number of carbonyl (C=O) groups excluding carboxylic acids is 4. The number of hydrogen-bond acceptors (Lipinski definition) is 11. The molecule has 0 bridgehead atoms. The summed E-state index contributed by atoms with van der Waals surface area (Å²) in [6.07, 6.45) is -4.29. The number of carbonyl (C=O) groups is 4. The van der Waals surface area contributed by atoms with Crippen molar-refractivity contribution >= 4 is 35.5 Å². The quantitative estimate of drug-likeness (QED) is 0.261. The van der Waals surface area contributed by atoms with E-state index in [0.717, 1.165) is 29.9 Å². The van der Waals surface area contributed by atoms with Crippen molar-refractivity contribution in [2.24, 2.45) is 5.92 Å². The molecule has 6 atom stereocenters. The van der Waals surface area contributed by atoms with Crippen LogP contribution < -0.4 is 4.74 Å². The van der Waals surface area contributed by atoms with E-state index >= 15 is 0 Å². The van der Waals surface area contributed by atoms with Crippen LogP contribution in [0.2, 0.25) is 5.02 Å². The minimum Gasteiger partial charge on any atom is -0.493 e. The van der Waals surface area contributed by atoms with Crippen molar-refractivity contribution < 1.29 is 52.3 Å². The molecule has 2 unspecified atom stereocenters. The molecular formula is C32H37ClO11. The highest BCUT2D eigenvalue weighted by Crippen LogP contribution is 2.39. The highest BCUT2D eigenvalue weighted by Gasteiger charge is 2.52.